The molecule has 1 unspecified atom stereocenters. The highest BCUT2D eigenvalue weighted by molar-refractivity contribution is 5.32. The second kappa shape index (κ2) is 4.14. The van der Waals surface area contributed by atoms with Crippen molar-refractivity contribution in [2.45, 2.75) is 19.9 Å². The Morgan fingerprint density at radius 1 is 1.40 bits per heavy atom. The van der Waals surface area contributed by atoms with Gasteiger partial charge < -0.3 is 9.80 Å². The number of rotatable bonds is 1. The van der Waals surface area contributed by atoms with E-state index in [2.05, 4.69) is 33.7 Å². The highest BCUT2D eigenvalue weighted by atomic mass is 15.3. The Balaban J connectivity index is 2.17. The summed E-state index contributed by atoms with van der Waals surface area (Å²) < 4.78 is 0. The first kappa shape index (κ1) is 10.4. The van der Waals surface area contributed by atoms with Crippen LogP contribution in [0.5, 0.6) is 0 Å². The van der Waals surface area contributed by atoms with E-state index in [-0.39, 0.29) is 0 Å². The van der Waals surface area contributed by atoms with Crippen molar-refractivity contribution in [1.82, 2.24) is 14.9 Å². The van der Waals surface area contributed by atoms with E-state index in [4.69, 9.17) is 0 Å². The molecule has 1 aliphatic rings. The standard InChI is InChI=1S/C11H18N4/c1-9-4-5-12-11(13-9)15-7-6-14(3)8-10(15)2/h4-5,10H,6-8H2,1-3H3. The maximum atomic E-state index is 4.47. The molecule has 0 saturated carbocycles. The first-order valence-electron chi connectivity index (χ1n) is 5.41. The van der Waals surface area contributed by atoms with Crippen molar-refractivity contribution in [3.63, 3.8) is 0 Å². The minimum absolute atomic E-state index is 0.491. The van der Waals surface area contributed by atoms with Crippen LogP contribution in [0.2, 0.25) is 0 Å². The van der Waals surface area contributed by atoms with Crippen LogP contribution in [-0.4, -0.2) is 47.6 Å². The fraction of sp³-hybridized carbons (Fsp3) is 0.636. The van der Waals surface area contributed by atoms with Gasteiger partial charge in [0.25, 0.3) is 0 Å². The van der Waals surface area contributed by atoms with E-state index >= 15 is 0 Å². The highest BCUT2D eigenvalue weighted by Crippen LogP contribution is 2.15. The van der Waals surface area contributed by atoms with Gasteiger partial charge in [-0.1, -0.05) is 0 Å². The fourth-order valence-corrected chi connectivity index (χ4v) is 2.01. The molecule has 82 valence electrons. The van der Waals surface area contributed by atoms with Gasteiger partial charge in [-0.05, 0) is 27.0 Å². The molecule has 2 heterocycles. The molecule has 0 N–H and O–H groups in total. The molecule has 2 rings (SSSR count). The van der Waals surface area contributed by atoms with Crippen LogP contribution >= 0.6 is 0 Å². The smallest absolute Gasteiger partial charge is 0.225 e. The Bertz CT molecular complexity index is 339. The molecule has 1 aromatic heterocycles. The maximum Gasteiger partial charge on any atom is 0.225 e. The zero-order chi connectivity index (χ0) is 10.8. The summed E-state index contributed by atoms with van der Waals surface area (Å²) in [5.41, 5.74) is 1.03. The molecular weight excluding hydrogens is 188 g/mol. The first-order valence-corrected chi connectivity index (χ1v) is 5.41. The Labute approximate surface area is 90.9 Å². The lowest BCUT2D eigenvalue weighted by Gasteiger charge is -2.38. The van der Waals surface area contributed by atoms with Crippen molar-refractivity contribution in [1.29, 1.82) is 0 Å². The first-order chi connectivity index (χ1) is 7.16. The van der Waals surface area contributed by atoms with Gasteiger partial charge in [-0.3, -0.25) is 0 Å². The minimum Gasteiger partial charge on any atom is -0.336 e. The average molecular weight is 206 g/mol. The molecule has 4 heteroatoms. The van der Waals surface area contributed by atoms with Gasteiger partial charge in [0.2, 0.25) is 5.95 Å². The lowest BCUT2D eigenvalue weighted by atomic mass is 10.2. The number of aromatic nitrogens is 2. The Hall–Kier alpha value is -1.16. The van der Waals surface area contributed by atoms with Crippen LogP contribution < -0.4 is 4.90 Å². The third-order valence-corrected chi connectivity index (χ3v) is 2.87. The van der Waals surface area contributed by atoms with E-state index in [1.54, 1.807) is 0 Å². The molecule has 1 aromatic rings. The number of anilines is 1. The van der Waals surface area contributed by atoms with Gasteiger partial charge in [-0.25, -0.2) is 9.97 Å². The second-order valence-corrected chi connectivity index (χ2v) is 4.30. The van der Waals surface area contributed by atoms with Crippen molar-refractivity contribution in [3.8, 4) is 0 Å². The van der Waals surface area contributed by atoms with Gasteiger partial charge in [0.05, 0.1) is 0 Å². The molecule has 1 saturated heterocycles. The Kier molecular flexibility index (Phi) is 2.86. The molecule has 0 aliphatic carbocycles. The Morgan fingerprint density at radius 2 is 2.20 bits per heavy atom. The number of hydrogen-bond acceptors (Lipinski definition) is 4. The van der Waals surface area contributed by atoms with Gasteiger partial charge in [-0.2, -0.15) is 0 Å². The monoisotopic (exact) mass is 206 g/mol. The van der Waals surface area contributed by atoms with Crippen molar-refractivity contribution in [2.75, 3.05) is 31.6 Å². The van der Waals surface area contributed by atoms with E-state index in [9.17, 15) is 0 Å². The van der Waals surface area contributed by atoms with Gasteiger partial charge in [-0.15, -0.1) is 0 Å². The van der Waals surface area contributed by atoms with Gasteiger partial charge >= 0.3 is 0 Å². The molecule has 1 atom stereocenters. The molecule has 15 heavy (non-hydrogen) atoms. The van der Waals surface area contributed by atoms with Crippen LogP contribution in [0.4, 0.5) is 5.95 Å². The molecule has 0 aromatic carbocycles. The van der Waals surface area contributed by atoms with Crippen molar-refractivity contribution in [3.05, 3.63) is 18.0 Å². The van der Waals surface area contributed by atoms with Gasteiger partial charge in [0.15, 0.2) is 0 Å². The molecule has 0 amide bonds. The largest absolute Gasteiger partial charge is 0.336 e. The summed E-state index contributed by atoms with van der Waals surface area (Å²) in [4.78, 5) is 13.4. The van der Waals surface area contributed by atoms with Crippen LogP contribution in [0.3, 0.4) is 0 Å². The highest BCUT2D eigenvalue weighted by Gasteiger charge is 2.23. The SMILES string of the molecule is Cc1ccnc(N2CCN(C)CC2C)n1. The summed E-state index contributed by atoms with van der Waals surface area (Å²) in [5, 5.41) is 0. The van der Waals surface area contributed by atoms with Crippen LogP contribution in [0.1, 0.15) is 12.6 Å². The zero-order valence-corrected chi connectivity index (χ0v) is 9.64. The van der Waals surface area contributed by atoms with Crippen LogP contribution in [-0.2, 0) is 0 Å². The third kappa shape index (κ3) is 2.26. The summed E-state index contributed by atoms with van der Waals surface area (Å²) in [7, 11) is 2.16. The second-order valence-electron chi connectivity index (χ2n) is 4.30. The van der Waals surface area contributed by atoms with E-state index < -0.39 is 0 Å². The number of likely N-dealkylation sites (N-methyl/N-ethyl adjacent to an activating group) is 1. The third-order valence-electron chi connectivity index (χ3n) is 2.87. The van der Waals surface area contributed by atoms with Crippen LogP contribution in [0.25, 0.3) is 0 Å². The molecule has 4 nitrogen and oxygen atoms in total. The molecule has 1 aliphatic heterocycles. The summed E-state index contributed by atoms with van der Waals surface area (Å²) in [5.74, 6) is 0.871. The van der Waals surface area contributed by atoms with E-state index in [0.29, 0.717) is 6.04 Å². The summed E-state index contributed by atoms with van der Waals surface area (Å²) in [6.45, 7) is 7.41. The normalized spacial score (nSPS) is 23.1. The van der Waals surface area contributed by atoms with Crippen LogP contribution in [0.15, 0.2) is 12.3 Å². The van der Waals surface area contributed by atoms with Crippen molar-refractivity contribution in [2.24, 2.45) is 0 Å². The average Bonchev–Trinajstić information content (AvgIpc) is 2.17. The number of nitrogens with zero attached hydrogens (tertiary/aromatic N) is 4. The van der Waals surface area contributed by atoms with Gasteiger partial charge in [0.1, 0.15) is 0 Å². The zero-order valence-electron chi connectivity index (χ0n) is 9.64. The topological polar surface area (TPSA) is 32.3 Å². The quantitative estimate of drug-likeness (QED) is 0.684. The summed E-state index contributed by atoms with van der Waals surface area (Å²) >= 11 is 0. The molecule has 0 bridgehead atoms. The molecule has 0 spiro atoms. The fourth-order valence-electron chi connectivity index (χ4n) is 2.01. The lowest BCUT2D eigenvalue weighted by Crippen LogP contribution is -2.51. The van der Waals surface area contributed by atoms with Crippen molar-refractivity contribution < 1.29 is 0 Å². The van der Waals surface area contributed by atoms with Gasteiger partial charge in [0, 0.05) is 37.6 Å². The summed E-state index contributed by atoms with van der Waals surface area (Å²) in [6.07, 6.45) is 1.84. The number of piperazine rings is 1. The number of aryl methyl sites for hydroxylation is 1. The minimum atomic E-state index is 0.491. The lowest BCUT2D eigenvalue weighted by molar-refractivity contribution is 0.273. The maximum absolute atomic E-state index is 4.47. The molecule has 1 fully saturated rings. The number of hydrogen-bond donors (Lipinski definition) is 0. The molecular formula is C11H18N4. The van der Waals surface area contributed by atoms with E-state index in [1.165, 1.54) is 0 Å². The predicted molar refractivity (Wildman–Crippen MR) is 61.1 cm³/mol. The Morgan fingerprint density at radius 3 is 2.87 bits per heavy atom. The van der Waals surface area contributed by atoms with Crippen LogP contribution in [0, 0.1) is 6.92 Å². The van der Waals surface area contributed by atoms with Crippen molar-refractivity contribution >= 4 is 5.95 Å². The van der Waals surface area contributed by atoms with E-state index in [1.807, 2.05) is 19.2 Å². The molecule has 0 radical (unpaired) electrons. The van der Waals surface area contributed by atoms with E-state index in [0.717, 1.165) is 31.3 Å². The summed E-state index contributed by atoms with van der Waals surface area (Å²) in [6, 6.07) is 2.43. The predicted octanol–water partition coefficient (Wildman–Crippen LogP) is 0.925.